The maximum absolute atomic E-state index is 7.37. The molecule has 3 aromatic heterocycles. The Morgan fingerprint density at radius 2 is 1.14 bits per heavy atom. The SMILES string of the molecule is Cc1cc2c3c(c1)N1c4c(cccc4-n4c5ccc(C(C)(C)C)cc5c5cc(C(C)(C)C)cc1c54)B3c1oc3ccc(C(C)(C)C)cc3c1N2c1cccc2c1sc1ccccc12. The van der Waals surface area contributed by atoms with Crippen LogP contribution in [-0.4, -0.2) is 11.3 Å². The highest BCUT2D eigenvalue weighted by atomic mass is 32.1. The Kier molecular flexibility index (Phi) is 7.15. The third kappa shape index (κ3) is 4.93. The lowest BCUT2D eigenvalue weighted by Crippen LogP contribution is -2.61. The third-order valence-electron chi connectivity index (χ3n) is 14.4. The van der Waals surface area contributed by atoms with Crippen molar-refractivity contribution in [3.05, 3.63) is 144 Å². The summed E-state index contributed by atoms with van der Waals surface area (Å²) in [5.41, 5.74) is 20.6. The largest absolute Gasteiger partial charge is 0.468 e. The average molecular weight is 836 g/mol. The minimum Gasteiger partial charge on any atom is -0.468 e. The van der Waals surface area contributed by atoms with Crippen LogP contribution in [0.1, 0.15) is 84.6 Å². The molecule has 0 aliphatic carbocycles. The predicted octanol–water partition coefficient (Wildman–Crippen LogP) is 14.5. The molecule has 308 valence electrons. The van der Waals surface area contributed by atoms with Crippen LogP contribution in [0.5, 0.6) is 0 Å². The molecule has 0 spiro atoms. The molecule has 0 fully saturated rings. The minimum atomic E-state index is -0.127. The molecule has 0 saturated heterocycles. The maximum Gasteiger partial charge on any atom is 0.297 e. The Morgan fingerprint density at radius 3 is 1.89 bits per heavy atom. The zero-order valence-corrected chi connectivity index (χ0v) is 38.6. The molecule has 4 nitrogen and oxygen atoms in total. The summed E-state index contributed by atoms with van der Waals surface area (Å²) >= 11 is 1.89. The molecule has 0 saturated carbocycles. The standard InChI is InChI=1S/C57H50BN3OS/c1-31-25-44-49-45(26-31)61-46-30-34(57(8,9)10)29-38-37-27-32(55(2,3)4)21-23-41(37)59(50(38)46)42-18-14-17-40(52(42)61)58(49)54-51(39-28-33(56(5,6)7)22-24-47(39)62-54)60(44)43-19-13-16-36-35-15-11-12-20-48(35)63-53(36)43/h11-30H,1-10H3. The fourth-order valence-corrected chi connectivity index (χ4v) is 12.4. The van der Waals surface area contributed by atoms with Crippen LogP contribution in [0.25, 0.3) is 58.6 Å². The number of fused-ring (bicyclic) bond motifs is 14. The van der Waals surface area contributed by atoms with Crippen molar-refractivity contribution in [2.45, 2.75) is 85.5 Å². The molecule has 0 amide bonds. The predicted molar refractivity (Wildman–Crippen MR) is 272 cm³/mol. The Hall–Kier alpha value is -6.24. The number of anilines is 6. The number of para-hydroxylation sites is 1. The molecule has 10 aromatic rings. The first kappa shape index (κ1) is 37.3. The number of aromatic nitrogens is 1. The van der Waals surface area contributed by atoms with Crippen molar-refractivity contribution >= 4 is 122 Å². The van der Waals surface area contributed by atoms with Crippen LogP contribution in [0.15, 0.2) is 126 Å². The van der Waals surface area contributed by atoms with Gasteiger partial charge in [-0.2, -0.15) is 0 Å². The van der Waals surface area contributed by atoms with Gasteiger partial charge in [0.1, 0.15) is 5.58 Å². The molecule has 6 heteroatoms. The molecule has 0 N–H and O–H groups in total. The molecule has 7 aromatic carbocycles. The van der Waals surface area contributed by atoms with Crippen LogP contribution in [0.2, 0.25) is 0 Å². The van der Waals surface area contributed by atoms with Crippen LogP contribution in [0.3, 0.4) is 0 Å². The van der Waals surface area contributed by atoms with Crippen LogP contribution in [0, 0.1) is 6.92 Å². The summed E-state index contributed by atoms with van der Waals surface area (Å²) in [4.78, 5) is 5.22. The van der Waals surface area contributed by atoms with Crippen molar-refractivity contribution < 1.29 is 4.42 Å². The van der Waals surface area contributed by atoms with Gasteiger partial charge in [-0.05, 0) is 123 Å². The van der Waals surface area contributed by atoms with Crippen LogP contribution in [-0.2, 0) is 16.2 Å². The smallest absolute Gasteiger partial charge is 0.297 e. The molecular weight excluding hydrogens is 786 g/mol. The van der Waals surface area contributed by atoms with E-state index in [4.69, 9.17) is 4.42 Å². The van der Waals surface area contributed by atoms with Gasteiger partial charge in [0, 0.05) is 43.0 Å². The van der Waals surface area contributed by atoms with Gasteiger partial charge >= 0.3 is 0 Å². The van der Waals surface area contributed by atoms with Gasteiger partial charge in [-0.15, -0.1) is 11.3 Å². The summed E-state index contributed by atoms with van der Waals surface area (Å²) in [6.45, 7) is 23.1. The van der Waals surface area contributed by atoms with Gasteiger partial charge in [-0.25, -0.2) is 0 Å². The Morgan fingerprint density at radius 1 is 0.508 bits per heavy atom. The lowest BCUT2D eigenvalue weighted by atomic mass is 9.35. The molecule has 0 radical (unpaired) electrons. The van der Waals surface area contributed by atoms with E-state index in [-0.39, 0.29) is 23.0 Å². The van der Waals surface area contributed by atoms with Crippen molar-refractivity contribution in [2.75, 3.05) is 9.80 Å². The first-order valence-corrected chi connectivity index (χ1v) is 23.4. The van der Waals surface area contributed by atoms with Gasteiger partial charge in [0.25, 0.3) is 6.71 Å². The fraction of sp³-hybridized carbons (Fsp3) is 0.228. The highest BCUT2D eigenvalue weighted by Gasteiger charge is 2.49. The molecule has 6 heterocycles. The molecule has 63 heavy (non-hydrogen) atoms. The second-order valence-corrected chi connectivity index (χ2v) is 22.6. The van der Waals surface area contributed by atoms with E-state index in [0.717, 1.165) is 22.3 Å². The van der Waals surface area contributed by atoms with E-state index in [0.29, 0.717) is 0 Å². The minimum absolute atomic E-state index is 0.0204. The number of nitrogens with zero attached hydrogens (tertiary/aromatic N) is 3. The summed E-state index contributed by atoms with van der Waals surface area (Å²) < 4.78 is 12.5. The zero-order chi connectivity index (χ0) is 43.2. The summed E-state index contributed by atoms with van der Waals surface area (Å²) in [6, 6.07) is 46.7. The Balaban J connectivity index is 1.19. The lowest BCUT2D eigenvalue weighted by Gasteiger charge is -2.45. The highest BCUT2D eigenvalue weighted by Crippen LogP contribution is 2.55. The van der Waals surface area contributed by atoms with Crippen molar-refractivity contribution in [3.63, 3.8) is 0 Å². The monoisotopic (exact) mass is 835 g/mol. The first-order chi connectivity index (χ1) is 30.1. The number of hydrogen-bond acceptors (Lipinski definition) is 4. The van der Waals surface area contributed by atoms with Gasteiger partial charge < -0.3 is 18.8 Å². The second kappa shape index (κ2) is 12.1. The van der Waals surface area contributed by atoms with Gasteiger partial charge in [-0.3, -0.25) is 0 Å². The van der Waals surface area contributed by atoms with Gasteiger partial charge in [0.05, 0.1) is 49.8 Å². The summed E-state index contributed by atoms with van der Waals surface area (Å²) in [7, 11) is 0. The Bertz CT molecular complexity index is 3670. The molecule has 0 unspecified atom stereocenters. The number of thiophene rings is 1. The summed E-state index contributed by atoms with van der Waals surface area (Å²) in [6.07, 6.45) is 0. The first-order valence-electron chi connectivity index (χ1n) is 22.5. The van der Waals surface area contributed by atoms with Gasteiger partial charge in [0.15, 0.2) is 0 Å². The zero-order valence-electron chi connectivity index (χ0n) is 37.8. The summed E-state index contributed by atoms with van der Waals surface area (Å²) in [5, 5.41) is 6.37. The van der Waals surface area contributed by atoms with Gasteiger partial charge in [-0.1, -0.05) is 117 Å². The van der Waals surface area contributed by atoms with Crippen molar-refractivity contribution in [2.24, 2.45) is 0 Å². The molecule has 0 bridgehead atoms. The number of aryl methyl sites for hydroxylation is 1. The number of hydrogen-bond donors (Lipinski definition) is 0. The van der Waals surface area contributed by atoms with E-state index >= 15 is 0 Å². The van der Waals surface area contributed by atoms with E-state index < -0.39 is 0 Å². The normalized spacial score (nSPS) is 14.4. The topological polar surface area (TPSA) is 24.6 Å². The highest BCUT2D eigenvalue weighted by molar-refractivity contribution is 7.26. The van der Waals surface area contributed by atoms with E-state index in [1.807, 2.05) is 11.3 Å². The Labute approximate surface area is 373 Å². The van der Waals surface area contributed by atoms with Crippen molar-refractivity contribution in [1.29, 1.82) is 0 Å². The van der Waals surface area contributed by atoms with Crippen molar-refractivity contribution in [1.82, 2.24) is 4.57 Å². The van der Waals surface area contributed by atoms with E-state index in [1.165, 1.54) is 109 Å². The quantitative estimate of drug-likeness (QED) is 0.154. The van der Waals surface area contributed by atoms with E-state index in [9.17, 15) is 0 Å². The van der Waals surface area contributed by atoms with Gasteiger partial charge in [0.2, 0.25) is 0 Å². The van der Waals surface area contributed by atoms with E-state index in [2.05, 4.69) is 205 Å². The van der Waals surface area contributed by atoms with Crippen molar-refractivity contribution in [3.8, 4) is 5.69 Å². The summed E-state index contributed by atoms with van der Waals surface area (Å²) in [5.74, 6) is 0. The number of benzene rings is 7. The molecule has 3 aliphatic rings. The van der Waals surface area contributed by atoms with Crippen LogP contribution >= 0.6 is 11.3 Å². The van der Waals surface area contributed by atoms with E-state index in [1.54, 1.807) is 0 Å². The van der Waals surface area contributed by atoms with Crippen LogP contribution in [0.4, 0.5) is 34.1 Å². The lowest BCUT2D eigenvalue weighted by molar-refractivity contribution is 0.590. The molecule has 13 rings (SSSR count). The average Bonchev–Trinajstić information content (AvgIpc) is 3.92. The second-order valence-electron chi connectivity index (χ2n) is 21.5. The fourth-order valence-electron chi connectivity index (χ4n) is 11.2. The number of furan rings is 1. The molecule has 0 atom stereocenters. The molecule has 3 aliphatic heterocycles. The maximum atomic E-state index is 7.37. The third-order valence-corrected chi connectivity index (χ3v) is 15.6. The van der Waals surface area contributed by atoms with Crippen LogP contribution < -0.4 is 26.4 Å². The molecular formula is C57H50BN3OS. The number of rotatable bonds is 1.